The minimum atomic E-state index is -0.806. The van der Waals surface area contributed by atoms with Crippen LogP contribution in [-0.2, 0) is 9.59 Å². The summed E-state index contributed by atoms with van der Waals surface area (Å²) < 4.78 is 0. The highest BCUT2D eigenvalue weighted by atomic mass is 16.4. The largest absolute Gasteiger partial charge is 0.481 e. The Kier molecular flexibility index (Phi) is 4.55. The molecule has 0 aromatic rings. The number of carboxylic acids is 1. The van der Waals surface area contributed by atoms with Gasteiger partial charge in [0.1, 0.15) is 0 Å². The second-order valence-electron chi connectivity index (χ2n) is 3.75. The smallest absolute Gasteiger partial charge is 0.304 e. The van der Waals surface area contributed by atoms with Gasteiger partial charge >= 0.3 is 5.97 Å². The van der Waals surface area contributed by atoms with Gasteiger partial charge in [0.2, 0.25) is 5.91 Å². The van der Waals surface area contributed by atoms with E-state index in [1.807, 2.05) is 16.7 Å². The molecule has 0 aromatic carbocycles. The molecule has 5 nitrogen and oxygen atoms in total. The number of carbonyl (C=O) groups excluding carboxylic acids is 1. The van der Waals surface area contributed by atoms with Gasteiger partial charge in [0.05, 0.1) is 13.0 Å². The maximum atomic E-state index is 11.6. The van der Waals surface area contributed by atoms with E-state index in [2.05, 4.69) is 0 Å². The third-order valence-corrected chi connectivity index (χ3v) is 2.64. The number of amides is 1. The third-order valence-electron chi connectivity index (χ3n) is 2.64. The van der Waals surface area contributed by atoms with Crippen molar-refractivity contribution in [1.82, 2.24) is 9.80 Å². The van der Waals surface area contributed by atoms with E-state index < -0.39 is 5.97 Å². The lowest BCUT2D eigenvalue weighted by molar-refractivity contribution is -0.138. The van der Waals surface area contributed by atoms with Gasteiger partial charge in [-0.2, -0.15) is 0 Å². The lowest BCUT2D eigenvalue weighted by atomic mass is 10.3. The van der Waals surface area contributed by atoms with E-state index in [4.69, 9.17) is 5.11 Å². The van der Waals surface area contributed by atoms with Crippen LogP contribution in [0.15, 0.2) is 0 Å². The standard InChI is InChI=1S/C10H18N2O3/c1-2-12-6-3-5-11(8-9(12)13)7-4-10(14)15/h2-8H2,1H3,(H,14,15). The van der Waals surface area contributed by atoms with Gasteiger partial charge in [-0.25, -0.2) is 0 Å². The van der Waals surface area contributed by atoms with Crippen LogP contribution in [0.25, 0.3) is 0 Å². The Bertz CT molecular complexity index is 243. The van der Waals surface area contributed by atoms with E-state index in [1.165, 1.54) is 0 Å². The molecule has 1 heterocycles. The first-order chi connectivity index (χ1) is 7.13. The normalized spacial score (nSPS) is 19.0. The highest BCUT2D eigenvalue weighted by Gasteiger charge is 2.20. The second-order valence-corrected chi connectivity index (χ2v) is 3.75. The van der Waals surface area contributed by atoms with Gasteiger partial charge in [0.15, 0.2) is 0 Å². The molecule has 1 rings (SSSR count). The van der Waals surface area contributed by atoms with Crippen molar-refractivity contribution < 1.29 is 14.7 Å². The molecule has 15 heavy (non-hydrogen) atoms. The van der Waals surface area contributed by atoms with Crippen molar-refractivity contribution in [1.29, 1.82) is 0 Å². The second kappa shape index (κ2) is 5.70. The maximum absolute atomic E-state index is 11.6. The predicted octanol–water partition coefficient (Wildman–Crippen LogP) is 0.0153. The minimum absolute atomic E-state index is 0.111. The molecular formula is C10H18N2O3. The Labute approximate surface area is 89.7 Å². The zero-order valence-corrected chi connectivity index (χ0v) is 9.11. The van der Waals surface area contributed by atoms with Crippen LogP contribution in [-0.4, -0.2) is 59.5 Å². The molecule has 5 heteroatoms. The highest BCUT2D eigenvalue weighted by molar-refractivity contribution is 5.78. The molecule has 1 N–H and O–H groups in total. The number of nitrogens with zero attached hydrogens (tertiary/aromatic N) is 2. The molecule has 0 aromatic heterocycles. The summed E-state index contributed by atoms with van der Waals surface area (Å²) in [6.45, 7) is 5.14. The summed E-state index contributed by atoms with van der Waals surface area (Å²) in [4.78, 5) is 25.8. The van der Waals surface area contributed by atoms with Crippen molar-refractivity contribution in [2.75, 3.05) is 32.7 Å². The molecule has 1 fully saturated rings. The number of aliphatic carboxylic acids is 1. The van der Waals surface area contributed by atoms with Crippen LogP contribution < -0.4 is 0 Å². The molecule has 1 saturated heterocycles. The van der Waals surface area contributed by atoms with Crippen molar-refractivity contribution in [3.63, 3.8) is 0 Å². The van der Waals surface area contributed by atoms with E-state index in [-0.39, 0.29) is 12.3 Å². The van der Waals surface area contributed by atoms with Gasteiger partial charge in [-0.05, 0) is 13.3 Å². The summed E-state index contributed by atoms with van der Waals surface area (Å²) in [6, 6.07) is 0. The monoisotopic (exact) mass is 214 g/mol. The molecule has 0 atom stereocenters. The molecule has 86 valence electrons. The average molecular weight is 214 g/mol. The number of hydrogen-bond donors (Lipinski definition) is 1. The molecule has 0 bridgehead atoms. The molecule has 0 spiro atoms. The SMILES string of the molecule is CCN1CCCN(CCC(=O)O)CC1=O. The Morgan fingerprint density at radius 3 is 2.80 bits per heavy atom. The first-order valence-electron chi connectivity index (χ1n) is 5.35. The number of carbonyl (C=O) groups is 2. The fraction of sp³-hybridized carbons (Fsp3) is 0.800. The summed E-state index contributed by atoms with van der Waals surface area (Å²) in [5, 5.41) is 8.56. The van der Waals surface area contributed by atoms with Crippen molar-refractivity contribution in [3.8, 4) is 0 Å². The zero-order valence-electron chi connectivity index (χ0n) is 9.11. The van der Waals surface area contributed by atoms with Crippen LogP contribution in [0.5, 0.6) is 0 Å². The Morgan fingerprint density at radius 1 is 1.47 bits per heavy atom. The summed E-state index contributed by atoms with van der Waals surface area (Å²) >= 11 is 0. The van der Waals surface area contributed by atoms with Crippen LogP contribution in [0, 0.1) is 0 Å². The number of carboxylic acid groups (broad SMARTS) is 1. The van der Waals surface area contributed by atoms with Crippen molar-refractivity contribution >= 4 is 11.9 Å². The third kappa shape index (κ3) is 3.87. The first-order valence-corrected chi connectivity index (χ1v) is 5.35. The fourth-order valence-electron chi connectivity index (χ4n) is 1.76. The van der Waals surface area contributed by atoms with Gasteiger partial charge in [-0.15, -0.1) is 0 Å². The fourth-order valence-corrected chi connectivity index (χ4v) is 1.76. The molecule has 0 unspecified atom stereocenters. The van der Waals surface area contributed by atoms with E-state index in [9.17, 15) is 9.59 Å². The summed E-state index contributed by atoms with van der Waals surface area (Å²) in [6.07, 6.45) is 1.04. The molecule has 0 radical (unpaired) electrons. The zero-order chi connectivity index (χ0) is 11.3. The molecular weight excluding hydrogens is 196 g/mol. The molecule has 1 aliphatic rings. The van der Waals surface area contributed by atoms with E-state index in [1.54, 1.807) is 0 Å². The Morgan fingerprint density at radius 2 is 2.20 bits per heavy atom. The maximum Gasteiger partial charge on any atom is 0.304 e. The number of rotatable bonds is 4. The summed E-state index contributed by atoms with van der Waals surface area (Å²) in [5.41, 5.74) is 0. The number of likely N-dealkylation sites (N-methyl/N-ethyl adjacent to an activating group) is 1. The van der Waals surface area contributed by atoms with E-state index in [0.717, 1.165) is 26.1 Å². The molecule has 0 saturated carbocycles. The van der Waals surface area contributed by atoms with Gasteiger partial charge in [-0.3, -0.25) is 14.5 Å². The first kappa shape index (κ1) is 12.0. The van der Waals surface area contributed by atoms with Crippen molar-refractivity contribution in [3.05, 3.63) is 0 Å². The van der Waals surface area contributed by atoms with Crippen LogP contribution >= 0.6 is 0 Å². The molecule has 1 amide bonds. The lowest BCUT2D eigenvalue weighted by Crippen LogP contribution is -2.37. The van der Waals surface area contributed by atoms with Crippen LogP contribution in [0.2, 0.25) is 0 Å². The molecule has 0 aliphatic carbocycles. The van der Waals surface area contributed by atoms with E-state index >= 15 is 0 Å². The minimum Gasteiger partial charge on any atom is -0.481 e. The van der Waals surface area contributed by atoms with Crippen molar-refractivity contribution in [2.24, 2.45) is 0 Å². The topological polar surface area (TPSA) is 60.9 Å². The van der Waals surface area contributed by atoms with Crippen LogP contribution in [0.3, 0.4) is 0 Å². The van der Waals surface area contributed by atoms with Gasteiger partial charge < -0.3 is 10.0 Å². The quantitative estimate of drug-likeness (QED) is 0.716. The summed E-state index contributed by atoms with van der Waals surface area (Å²) in [5.74, 6) is -0.695. The Balaban J connectivity index is 2.41. The number of hydrogen-bond acceptors (Lipinski definition) is 3. The highest BCUT2D eigenvalue weighted by Crippen LogP contribution is 2.04. The summed E-state index contributed by atoms with van der Waals surface area (Å²) in [7, 11) is 0. The lowest BCUT2D eigenvalue weighted by Gasteiger charge is -2.19. The van der Waals surface area contributed by atoms with Gasteiger partial charge in [0.25, 0.3) is 0 Å². The molecule has 1 aliphatic heterocycles. The predicted molar refractivity (Wildman–Crippen MR) is 55.6 cm³/mol. The van der Waals surface area contributed by atoms with Crippen molar-refractivity contribution in [2.45, 2.75) is 19.8 Å². The Hall–Kier alpha value is -1.10. The van der Waals surface area contributed by atoms with Gasteiger partial charge in [-0.1, -0.05) is 0 Å². The average Bonchev–Trinajstić information content (AvgIpc) is 2.36. The van der Waals surface area contributed by atoms with Crippen LogP contribution in [0.1, 0.15) is 19.8 Å². The van der Waals surface area contributed by atoms with E-state index in [0.29, 0.717) is 13.1 Å². The van der Waals surface area contributed by atoms with Gasteiger partial charge in [0, 0.05) is 26.2 Å². The van der Waals surface area contributed by atoms with Crippen LogP contribution in [0.4, 0.5) is 0 Å².